The number of nitrogens with one attached hydrogen (secondary N) is 1. The Morgan fingerprint density at radius 2 is 1.93 bits per heavy atom. The van der Waals surface area contributed by atoms with Crippen LogP contribution in [0.1, 0.15) is 0 Å². The molecule has 0 atom stereocenters. The number of halogens is 3. The van der Waals surface area contributed by atoms with Crippen molar-refractivity contribution in [1.82, 2.24) is 35.3 Å². The molecule has 12 nitrogen and oxygen atoms in total. The number of aryl methyl sites for hydroxylation is 1. The van der Waals surface area contributed by atoms with E-state index in [-0.39, 0.29) is 18.4 Å². The summed E-state index contributed by atoms with van der Waals surface area (Å²) in [5.74, 6) is -2.18. The van der Waals surface area contributed by atoms with E-state index in [9.17, 15) is 18.0 Å². The van der Waals surface area contributed by atoms with Gasteiger partial charge in [0.25, 0.3) is 12.5 Å². The smallest absolute Gasteiger partial charge is 0.475 e. The monoisotopic (exact) mass is 412 g/mol. The molecule has 0 aliphatic carbocycles. The summed E-state index contributed by atoms with van der Waals surface area (Å²) >= 11 is 0. The van der Waals surface area contributed by atoms with Gasteiger partial charge in [0.1, 0.15) is 6.20 Å². The number of carboxylic acid groups (broad SMARTS) is 1. The van der Waals surface area contributed by atoms with E-state index in [1.54, 1.807) is 44.0 Å². The third-order valence-electron chi connectivity index (χ3n) is 3.01. The predicted octanol–water partition coefficient (Wildman–Crippen LogP) is -0.378. The van der Waals surface area contributed by atoms with Crippen LogP contribution in [-0.2, 0) is 23.2 Å². The van der Waals surface area contributed by atoms with Crippen LogP contribution in [0.15, 0.2) is 36.9 Å². The standard InChI is InChI=1S/C12H11N9O.C2HF3O2/c1-20-12(17-18-19-20)16-10(22)8-21-6-3-9(7-15-21)11-13-4-2-5-14-11;3-2(4,5)1(6)7/h2-7H,8H2,1H3;(H,6,7)/p+1. The molecule has 0 aliphatic heterocycles. The molecule has 29 heavy (non-hydrogen) atoms. The van der Waals surface area contributed by atoms with Gasteiger partial charge in [0.05, 0.1) is 0 Å². The second-order valence-corrected chi connectivity index (χ2v) is 5.16. The number of nitrogens with zero attached hydrogens (tertiary/aromatic N) is 8. The number of hydrogen-bond acceptors (Lipinski definition) is 8. The Labute approximate surface area is 160 Å². The Kier molecular flexibility index (Phi) is 6.78. The van der Waals surface area contributed by atoms with Crippen molar-refractivity contribution in [2.75, 3.05) is 5.32 Å². The SMILES string of the molecule is Cn1nnnc1NC(=O)C[n+]1ccc(-c2ncccn2)cn1.O=C(O)C(F)(F)F. The van der Waals surface area contributed by atoms with E-state index in [1.165, 1.54) is 9.36 Å². The van der Waals surface area contributed by atoms with Gasteiger partial charge in [-0.15, -0.1) is 0 Å². The number of alkyl halides is 3. The summed E-state index contributed by atoms with van der Waals surface area (Å²) in [5, 5.41) is 24.6. The molecule has 0 unspecified atom stereocenters. The lowest BCUT2D eigenvalue weighted by Crippen LogP contribution is -2.43. The van der Waals surface area contributed by atoms with Gasteiger partial charge in [0, 0.05) is 31.1 Å². The van der Waals surface area contributed by atoms with Crippen molar-refractivity contribution in [3.63, 3.8) is 0 Å². The van der Waals surface area contributed by atoms with E-state index >= 15 is 0 Å². The van der Waals surface area contributed by atoms with Gasteiger partial charge in [-0.3, -0.25) is 10.1 Å². The van der Waals surface area contributed by atoms with Crippen LogP contribution < -0.4 is 10.00 Å². The van der Waals surface area contributed by atoms with E-state index in [0.29, 0.717) is 5.82 Å². The van der Waals surface area contributed by atoms with Crippen LogP contribution >= 0.6 is 0 Å². The highest BCUT2D eigenvalue weighted by molar-refractivity contribution is 5.87. The first-order chi connectivity index (χ1) is 13.7. The van der Waals surface area contributed by atoms with Gasteiger partial charge in [-0.05, 0) is 21.6 Å². The Morgan fingerprint density at radius 1 is 1.28 bits per heavy atom. The van der Waals surface area contributed by atoms with Crippen LogP contribution in [0.25, 0.3) is 11.4 Å². The zero-order valence-corrected chi connectivity index (χ0v) is 14.6. The van der Waals surface area contributed by atoms with Gasteiger partial charge in [-0.25, -0.2) is 19.4 Å². The molecule has 152 valence electrons. The number of carboxylic acids is 1. The topological polar surface area (TPSA) is 153 Å². The van der Waals surface area contributed by atoms with Crippen LogP contribution in [0.4, 0.5) is 19.1 Å². The minimum atomic E-state index is -5.08. The average molecular weight is 412 g/mol. The van der Waals surface area contributed by atoms with Gasteiger partial charge in [-0.1, -0.05) is 9.78 Å². The summed E-state index contributed by atoms with van der Waals surface area (Å²) in [7, 11) is 1.63. The van der Waals surface area contributed by atoms with Gasteiger partial charge in [0.15, 0.2) is 12.0 Å². The lowest BCUT2D eigenvalue weighted by molar-refractivity contribution is -0.742. The highest BCUT2D eigenvalue weighted by atomic mass is 19.4. The summed E-state index contributed by atoms with van der Waals surface area (Å²) < 4.78 is 34.6. The summed E-state index contributed by atoms with van der Waals surface area (Å²) in [5.41, 5.74) is 0.773. The second-order valence-electron chi connectivity index (χ2n) is 5.16. The van der Waals surface area contributed by atoms with E-state index in [1.807, 2.05) is 0 Å². The fourth-order valence-electron chi connectivity index (χ4n) is 1.70. The molecule has 3 rings (SSSR count). The number of anilines is 1. The molecular formula is C14H13F3N9O3+. The number of carbonyl (C=O) groups is 2. The maximum atomic E-state index is 11.9. The maximum absolute atomic E-state index is 11.9. The van der Waals surface area contributed by atoms with E-state index in [2.05, 4.69) is 35.9 Å². The maximum Gasteiger partial charge on any atom is 0.490 e. The second kappa shape index (κ2) is 9.25. The van der Waals surface area contributed by atoms with Crippen molar-refractivity contribution in [3.05, 3.63) is 36.9 Å². The van der Waals surface area contributed by atoms with Crippen molar-refractivity contribution in [2.45, 2.75) is 12.7 Å². The number of aliphatic carboxylic acids is 1. The minimum Gasteiger partial charge on any atom is -0.475 e. The average Bonchev–Trinajstić information content (AvgIpc) is 3.07. The van der Waals surface area contributed by atoms with Gasteiger partial charge < -0.3 is 5.11 Å². The van der Waals surface area contributed by atoms with Crippen molar-refractivity contribution < 1.29 is 32.5 Å². The number of hydrogen-bond donors (Lipinski definition) is 2. The number of amides is 1. The van der Waals surface area contributed by atoms with Crippen LogP contribution in [0.5, 0.6) is 0 Å². The van der Waals surface area contributed by atoms with E-state index in [4.69, 9.17) is 9.90 Å². The third kappa shape index (κ3) is 6.56. The summed E-state index contributed by atoms with van der Waals surface area (Å²) in [6.07, 6.45) is 1.52. The first-order valence-electron chi connectivity index (χ1n) is 7.62. The van der Waals surface area contributed by atoms with Gasteiger partial charge in [0.2, 0.25) is 5.95 Å². The lowest BCUT2D eigenvalue weighted by Gasteiger charge is -2.00. The van der Waals surface area contributed by atoms with Crippen LogP contribution in [0, 0.1) is 0 Å². The first kappa shape index (κ1) is 21.3. The number of rotatable bonds is 4. The normalized spacial score (nSPS) is 10.6. The van der Waals surface area contributed by atoms with Gasteiger partial charge in [-0.2, -0.15) is 13.2 Å². The molecule has 15 heteroatoms. The highest BCUT2D eigenvalue weighted by Gasteiger charge is 2.38. The molecule has 0 radical (unpaired) electrons. The van der Waals surface area contributed by atoms with Crippen LogP contribution in [-0.4, -0.2) is 58.4 Å². The summed E-state index contributed by atoms with van der Waals surface area (Å²) in [6.45, 7) is 0.0444. The Bertz CT molecular complexity index is 962. The van der Waals surface area contributed by atoms with Crippen molar-refractivity contribution >= 4 is 17.8 Å². The van der Waals surface area contributed by atoms with Crippen molar-refractivity contribution in [3.8, 4) is 11.4 Å². The molecule has 0 bridgehead atoms. The Morgan fingerprint density at radius 3 is 2.41 bits per heavy atom. The molecule has 0 fully saturated rings. The molecule has 1 amide bonds. The molecule has 3 heterocycles. The Balaban J connectivity index is 0.000000370. The number of tetrazole rings is 1. The first-order valence-corrected chi connectivity index (χ1v) is 7.62. The zero-order chi connectivity index (χ0) is 21.4. The Hall–Kier alpha value is -4.04. The largest absolute Gasteiger partial charge is 0.490 e. The molecule has 0 spiro atoms. The molecule has 2 N–H and O–H groups in total. The molecule has 3 aromatic rings. The molecule has 3 aromatic heterocycles. The fraction of sp³-hybridized carbons (Fsp3) is 0.214. The molecule has 0 aliphatic rings. The fourth-order valence-corrected chi connectivity index (χ4v) is 1.70. The predicted molar refractivity (Wildman–Crippen MR) is 86.6 cm³/mol. The number of carbonyl (C=O) groups excluding carboxylic acids is 1. The van der Waals surface area contributed by atoms with E-state index in [0.717, 1.165) is 5.56 Å². The minimum absolute atomic E-state index is 0.0444. The summed E-state index contributed by atoms with van der Waals surface area (Å²) in [6, 6.07) is 3.53. The lowest BCUT2D eigenvalue weighted by atomic mass is 10.3. The van der Waals surface area contributed by atoms with Crippen molar-refractivity contribution in [2.24, 2.45) is 7.05 Å². The van der Waals surface area contributed by atoms with E-state index < -0.39 is 12.1 Å². The van der Waals surface area contributed by atoms with Crippen molar-refractivity contribution in [1.29, 1.82) is 0 Å². The number of aromatic nitrogens is 8. The molecule has 0 aromatic carbocycles. The zero-order valence-electron chi connectivity index (χ0n) is 14.6. The third-order valence-corrected chi connectivity index (χ3v) is 3.01. The van der Waals surface area contributed by atoms with Crippen LogP contribution in [0.3, 0.4) is 0 Å². The molecule has 0 saturated heterocycles. The van der Waals surface area contributed by atoms with Crippen LogP contribution in [0.2, 0.25) is 0 Å². The highest BCUT2D eigenvalue weighted by Crippen LogP contribution is 2.13. The summed E-state index contributed by atoms with van der Waals surface area (Å²) in [4.78, 5) is 29.0. The molecular weight excluding hydrogens is 399 g/mol. The van der Waals surface area contributed by atoms with Gasteiger partial charge >= 0.3 is 12.1 Å². The quantitative estimate of drug-likeness (QED) is 0.546. The molecule has 0 saturated carbocycles.